The lowest BCUT2D eigenvalue weighted by molar-refractivity contribution is 0.369. The zero-order valence-corrected chi connectivity index (χ0v) is 9.16. The van der Waals surface area contributed by atoms with Crippen LogP contribution in [0.5, 0.6) is 5.75 Å². The summed E-state index contributed by atoms with van der Waals surface area (Å²) < 4.78 is 5.24. The molecule has 1 aromatic heterocycles. The summed E-state index contributed by atoms with van der Waals surface area (Å²) in [6.45, 7) is 1.97. The number of nitrogens with zero attached hydrogens (tertiary/aromatic N) is 1. The summed E-state index contributed by atoms with van der Waals surface area (Å²) in [5, 5.41) is 3.42. The molecule has 0 atom stereocenters. The maximum Gasteiger partial charge on any atom is 0.160 e. The first-order valence-electron chi connectivity index (χ1n) is 5.22. The number of ether oxygens (including phenoxy) is 1. The first-order valence-corrected chi connectivity index (χ1v) is 5.22. The molecule has 4 heteroatoms. The molecule has 0 saturated heterocycles. The van der Waals surface area contributed by atoms with E-state index >= 15 is 0 Å². The molecule has 0 bridgehead atoms. The monoisotopic (exact) mass is 207 g/mol. The van der Waals surface area contributed by atoms with E-state index in [0.717, 1.165) is 30.0 Å². The van der Waals surface area contributed by atoms with Crippen LogP contribution in [0, 0.1) is 6.92 Å². The van der Waals surface area contributed by atoms with Gasteiger partial charge in [-0.3, -0.25) is 4.98 Å². The van der Waals surface area contributed by atoms with Crippen LogP contribution in [0.25, 0.3) is 0 Å². The van der Waals surface area contributed by atoms with Crippen LogP contribution in [0.15, 0.2) is 12.3 Å². The van der Waals surface area contributed by atoms with E-state index in [2.05, 4.69) is 10.3 Å². The zero-order chi connectivity index (χ0) is 10.8. The van der Waals surface area contributed by atoms with E-state index in [0.29, 0.717) is 12.1 Å². The lowest BCUT2D eigenvalue weighted by Gasteiger charge is -2.34. The number of nitrogens with one attached hydrogen (secondary N) is 1. The molecule has 1 aromatic rings. The molecule has 15 heavy (non-hydrogen) atoms. The maximum absolute atomic E-state index is 5.74. The molecule has 1 fully saturated rings. The van der Waals surface area contributed by atoms with Gasteiger partial charge < -0.3 is 15.8 Å². The number of anilines is 1. The fraction of sp³-hybridized carbons (Fsp3) is 0.545. The van der Waals surface area contributed by atoms with Gasteiger partial charge in [-0.2, -0.15) is 0 Å². The number of hydrogen-bond acceptors (Lipinski definition) is 4. The molecule has 1 aliphatic carbocycles. The van der Waals surface area contributed by atoms with Gasteiger partial charge in [0.05, 0.1) is 19.0 Å². The highest BCUT2D eigenvalue weighted by Gasteiger charge is 2.26. The van der Waals surface area contributed by atoms with E-state index in [4.69, 9.17) is 10.5 Å². The number of aromatic nitrogens is 1. The SMILES string of the molecule is COc1cnc(C)cc1NC1CC(N)C1. The minimum absolute atomic E-state index is 0.358. The smallest absolute Gasteiger partial charge is 0.160 e. The van der Waals surface area contributed by atoms with Gasteiger partial charge in [-0.05, 0) is 25.8 Å². The average Bonchev–Trinajstić information content (AvgIpc) is 2.16. The fourth-order valence-corrected chi connectivity index (χ4v) is 1.82. The van der Waals surface area contributed by atoms with Gasteiger partial charge in [-0.1, -0.05) is 0 Å². The lowest BCUT2D eigenvalue weighted by Crippen LogP contribution is -2.44. The van der Waals surface area contributed by atoms with E-state index in [1.165, 1.54) is 0 Å². The first-order chi connectivity index (χ1) is 7.19. The van der Waals surface area contributed by atoms with E-state index in [9.17, 15) is 0 Å². The van der Waals surface area contributed by atoms with Crippen LogP contribution in [-0.2, 0) is 0 Å². The molecule has 4 nitrogen and oxygen atoms in total. The Bertz CT molecular complexity index is 348. The normalized spacial score (nSPS) is 24.5. The van der Waals surface area contributed by atoms with Crippen LogP contribution in [-0.4, -0.2) is 24.2 Å². The van der Waals surface area contributed by atoms with Gasteiger partial charge in [0.2, 0.25) is 0 Å². The fourth-order valence-electron chi connectivity index (χ4n) is 1.82. The van der Waals surface area contributed by atoms with Gasteiger partial charge in [-0.15, -0.1) is 0 Å². The predicted octanol–water partition coefficient (Wildman–Crippen LogP) is 1.30. The second kappa shape index (κ2) is 4.06. The summed E-state index contributed by atoms with van der Waals surface area (Å²) in [5.41, 5.74) is 7.74. The van der Waals surface area contributed by atoms with Crippen molar-refractivity contribution < 1.29 is 4.74 Å². The summed E-state index contributed by atoms with van der Waals surface area (Å²) in [7, 11) is 1.66. The molecule has 0 unspecified atom stereocenters. The highest BCUT2D eigenvalue weighted by Crippen LogP contribution is 2.28. The summed E-state index contributed by atoms with van der Waals surface area (Å²) in [6, 6.07) is 2.84. The molecule has 82 valence electrons. The molecule has 0 amide bonds. The van der Waals surface area contributed by atoms with Crippen molar-refractivity contribution in [3.05, 3.63) is 18.0 Å². The standard InChI is InChI=1S/C11H17N3O/c1-7-3-10(11(15-2)6-13-7)14-9-4-8(12)5-9/h3,6,8-9H,4-5,12H2,1-2H3,(H,13,14). The van der Waals surface area contributed by atoms with Crippen LogP contribution in [0.4, 0.5) is 5.69 Å². The summed E-state index contributed by atoms with van der Waals surface area (Å²) in [4.78, 5) is 4.19. The van der Waals surface area contributed by atoms with Crippen molar-refractivity contribution in [3.8, 4) is 5.75 Å². The maximum atomic E-state index is 5.74. The van der Waals surface area contributed by atoms with Crippen LogP contribution < -0.4 is 15.8 Å². The minimum atomic E-state index is 0.358. The molecule has 1 saturated carbocycles. The molecule has 0 aliphatic heterocycles. The van der Waals surface area contributed by atoms with Crippen LogP contribution in [0.3, 0.4) is 0 Å². The summed E-state index contributed by atoms with van der Waals surface area (Å²) in [6.07, 6.45) is 3.81. The highest BCUT2D eigenvalue weighted by atomic mass is 16.5. The Morgan fingerprint density at radius 1 is 1.53 bits per heavy atom. The summed E-state index contributed by atoms with van der Waals surface area (Å²) in [5.74, 6) is 0.793. The molecule has 0 spiro atoms. The van der Waals surface area contributed by atoms with Gasteiger partial charge in [-0.25, -0.2) is 0 Å². The number of pyridine rings is 1. The van der Waals surface area contributed by atoms with E-state index < -0.39 is 0 Å². The highest BCUT2D eigenvalue weighted by molar-refractivity contribution is 5.56. The minimum Gasteiger partial charge on any atom is -0.493 e. The molecular weight excluding hydrogens is 190 g/mol. The molecule has 1 aliphatic rings. The van der Waals surface area contributed by atoms with Crippen LogP contribution in [0.1, 0.15) is 18.5 Å². The van der Waals surface area contributed by atoms with E-state index in [1.54, 1.807) is 13.3 Å². The van der Waals surface area contributed by atoms with Crippen molar-refractivity contribution in [1.82, 2.24) is 4.98 Å². The van der Waals surface area contributed by atoms with Gasteiger partial charge in [0.25, 0.3) is 0 Å². The van der Waals surface area contributed by atoms with E-state index in [-0.39, 0.29) is 0 Å². The number of hydrogen-bond donors (Lipinski definition) is 2. The van der Waals surface area contributed by atoms with Gasteiger partial charge in [0.15, 0.2) is 5.75 Å². The largest absolute Gasteiger partial charge is 0.493 e. The van der Waals surface area contributed by atoms with Crippen molar-refractivity contribution in [2.75, 3.05) is 12.4 Å². The molecule has 2 rings (SSSR count). The third-order valence-corrected chi connectivity index (χ3v) is 2.76. The van der Waals surface area contributed by atoms with Crippen molar-refractivity contribution >= 4 is 5.69 Å². The number of methoxy groups -OCH3 is 1. The van der Waals surface area contributed by atoms with Crippen molar-refractivity contribution in [2.24, 2.45) is 5.73 Å². The number of rotatable bonds is 3. The Morgan fingerprint density at radius 2 is 2.27 bits per heavy atom. The topological polar surface area (TPSA) is 60.2 Å². The predicted molar refractivity (Wildman–Crippen MR) is 60.1 cm³/mol. The van der Waals surface area contributed by atoms with Crippen molar-refractivity contribution in [2.45, 2.75) is 31.8 Å². The Morgan fingerprint density at radius 3 is 2.87 bits per heavy atom. The lowest BCUT2D eigenvalue weighted by atomic mass is 9.87. The Labute approximate surface area is 89.8 Å². The molecule has 1 heterocycles. The van der Waals surface area contributed by atoms with Gasteiger partial charge in [0, 0.05) is 17.8 Å². The number of aryl methyl sites for hydroxylation is 1. The Balaban J connectivity index is 2.08. The number of nitrogens with two attached hydrogens (primary N) is 1. The second-order valence-corrected chi connectivity index (χ2v) is 4.10. The zero-order valence-electron chi connectivity index (χ0n) is 9.16. The molecule has 0 radical (unpaired) electrons. The average molecular weight is 207 g/mol. The van der Waals surface area contributed by atoms with Crippen molar-refractivity contribution in [3.63, 3.8) is 0 Å². The van der Waals surface area contributed by atoms with Crippen molar-refractivity contribution in [1.29, 1.82) is 0 Å². The van der Waals surface area contributed by atoms with E-state index in [1.807, 2.05) is 13.0 Å². The summed E-state index contributed by atoms with van der Waals surface area (Å²) >= 11 is 0. The first kappa shape index (κ1) is 10.2. The molecule has 3 N–H and O–H groups in total. The van der Waals surface area contributed by atoms with Crippen LogP contribution in [0.2, 0.25) is 0 Å². The third kappa shape index (κ3) is 2.21. The third-order valence-electron chi connectivity index (χ3n) is 2.76. The van der Waals surface area contributed by atoms with Gasteiger partial charge >= 0.3 is 0 Å². The molecule has 0 aromatic carbocycles. The molecular formula is C11H17N3O. The Hall–Kier alpha value is -1.29. The van der Waals surface area contributed by atoms with Gasteiger partial charge in [0.1, 0.15) is 0 Å². The van der Waals surface area contributed by atoms with Crippen LogP contribution >= 0.6 is 0 Å². The quantitative estimate of drug-likeness (QED) is 0.784. The Kier molecular flexibility index (Phi) is 2.77. The second-order valence-electron chi connectivity index (χ2n) is 4.10.